The number of nitrogens with one attached hydrogen (secondary N) is 1. The van der Waals surface area contributed by atoms with Crippen LogP contribution in [0, 0.1) is 0 Å². The molecule has 0 bridgehead atoms. The summed E-state index contributed by atoms with van der Waals surface area (Å²) in [6, 6.07) is -0.0326. The van der Waals surface area contributed by atoms with Crippen LogP contribution in [-0.2, 0) is 21.4 Å². The van der Waals surface area contributed by atoms with E-state index in [2.05, 4.69) is 9.82 Å². The van der Waals surface area contributed by atoms with Crippen LogP contribution in [0.1, 0.15) is 25.7 Å². The second-order valence-corrected chi connectivity index (χ2v) is 7.92. The summed E-state index contributed by atoms with van der Waals surface area (Å²) >= 11 is 1.76. The molecule has 1 aromatic heterocycles. The normalized spacial score (nSPS) is 22.5. The van der Waals surface area contributed by atoms with Crippen LogP contribution in [-0.4, -0.2) is 46.8 Å². The van der Waals surface area contributed by atoms with Gasteiger partial charge in [-0.2, -0.15) is 16.9 Å². The van der Waals surface area contributed by atoms with Crippen LogP contribution < -0.4 is 4.72 Å². The quantitative estimate of drug-likeness (QED) is 0.769. The summed E-state index contributed by atoms with van der Waals surface area (Å²) in [6.07, 6.45) is 7.27. The number of aryl methyl sites for hydroxylation is 1. The molecule has 2 atom stereocenters. The van der Waals surface area contributed by atoms with Crippen molar-refractivity contribution >= 4 is 27.8 Å². The van der Waals surface area contributed by atoms with Gasteiger partial charge in [-0.25, -0.2) is 13.1 Å². The Morgan fingerprint density at radius 3 is 2.95 bits per heavy atom. The molecule has 1 saturated carbocycles. The van der Waals surface area contributed by atoms with Crippen LogP contribution in [0.4, 0.5) is 0 Å². The summed E-state index contributed by atoms with van der Waals surface area (Å²) in [5.41, 5.74) is 0. The number of aromatic nitrogens is 2. The minimum Gasteiger partial charge on any atom is -0.481 e. The number of aliphatic carboxylic acids is 1. The van der Waals surface area contributed by atoms with Gasteiger partial charge in [-0.15, -0.1) is 0 Å². The number of carbonyl (C=O) groups is 1. The van der Waals surface area contributed by atoms with E-state index in [4.69, 9.17) is 5.11 Å². The van der Waals surface area contributed by atoms with Gasteiger partial charge in [0.2, 0.25) is 10.0 Å². The Morgan fingerprint density at radius 1 is 1.57 bits per heavy atom. The number of carboxylic acid groups (broad SMARTS) is 1. The molecule has 1 aliphatic rings. The third-order valence-electron chi connectivity index (χ3n) is 3.51. The van der Waals surface area contributed by atoms with Crippen LogP contribution in [0.3, 0.4) is 0 Å². The number of nitrogens with zero attached hydrogens (tertiary/aromatic N) is 2. The highest BCUT2D eigenvalue weighted by molar-refractivity contribution is 7.99. The number of carboxylic acids is 1. The zero-order valence-corrected chi connectivity index (χ0v) is 13.4. The van der Waals surface area contributed by atoms with Gasteiger partial charge in [-0.3, -0.25) is 9.48 Å². The fourth-order valence-electron chi connectivity index (χ4n) is 2.36. The first-order valence-corrected chi connectivity index (χ1v) is 9.47. The monoisotopic (exact) mass is 333 g/mol. The van der Waals surface area contributed by atoms with Crippen molar-refractivity contribution in [1.29, 1.82) is 0 Å². The molecule has 2 unspecified atom stereocenters. The van der Waals surface area contributed by atoms with Crippen LogP contribution in [0.5, 0.6) is 0 Å². The lowest BCUT2D eigenvalue weighted by Crippen LogP contribution is -2.33. The molecule has 1 aliphatic carbocycles. The molecular formula is C12H19N3O4S2. The highest BCUT2D eigenvalue weighted by Gasteiger charge is 2.28. The van der Waals surface area contributed by atoms with Gasteiger partial charge in [0.15, 0.2) is 0 Å². The first kappa shape index (κ1) is 16.3. The van der Waals surface area contributed by atoms with E-state index in [1.54, 1.807) is 11.8 Å². The fourth-order valence-corrected chi connectivity index (χ4v) is 4.40. The maximum absolute atomic E-state index is 12.2. The van der Waals surface area contributed by atoms with Crippen LogP contribution in [0.25, 0.3) is 0 Å². The van der Waals surface area contributed by atoms with Crippen LogP contribution >= 0.6 is 11.8 Å². The average molecular weight is 333 g/mol. The molecule has 2 N–H and O–H groups in total. The van der Waals surface area contributed by atoms with Crippen molar-refractivity contribution in [3.8, 4) is 0 Å². The van der Waals surface area contributed by atoms with Crippen molar-refractivity contribution in [2.75, 3.05) is 6.26 Å². The molecule has 0 amide bonds. The summed E-state index contributed by atoms with van der Waals surface area (Å²) in [7, 11) is -3.58. The van der Waals surface area contributed by atoms with E-state index in [9.17, 15) is 13.2 Å². The third-order valence-corrected chi connectivity index (χ3v) is 6.08. The highest BCUT2D eigenvalue weighted by Crippen LogP contribution is 2.29. The Balaban J connectivity index is 1.98. The topological polar surface area (TPSA) is 101 Å². The smallest absolute Gasteiger partial charge is 0.305 e. The largest absolute Gasteiger partial charge is 0.481 e. The summed E-state index contributed by atoms with van der Waals surface area (Å²) in [5.74, 6) is -0.943. The van der Waals surface area contributed by atoms with Crippen molar-refractivity contribution in [1.82, 2.24) is 14.5 Å². The molecule has 1 heterocycles. The maximum Gasteiger partial charge on any atom is 0.305 e. The van der Waals surface area contributed by atoms with E-state index in [0.29, 0.717) is 5.25 Å². The molecule has 7 nitrogen and oxygen atoms in total. The van der Waals surface area contributed by atoms with Gasteiger partial charge in [0.05, 0.1) is 19.2 Å². The molecule has 9 heteroatoms. The molecule has 0 saturated heterocycles. The molecule has 2 rings (SSSR count). The van der Waals surface area contributed by atoms with Crippen molar-refractivity contribution in [3.05, 3.63) is 12.4 Å². The van der Waals surface area contributed by atoms with Crippen molar-refractivity contribution in [3.63, 3.8) is 0 Å². The highest BCUT2D eigenvalue weighted by atomic mass is 32.2. The van der Waals surface area contributed by atoms with E-state index in [-0.39, 0.29) is 23.9 Å². The van der Waals surface area contributed by atoms with Crippen LogP contribution in [0.2, 0.25) is 0 Å². The van der Waals surface area contributed by atoms with Gasteiger partial charge in [0.25, 0.3) is 0 Å². The number of sulfonamides is 1. The number of hydrogen-bond donors (Lipinski definition) is 2. The third kappa shape index (κ3) is 4.45. The minimum absolute atomic E-state index is 0.0326. The first-order chi connectivity index (χ1) is 9.90. The molecule has 0 aromatic carbocycles. The molecule has 1 fully saturated rings. The Morgan fingerprint density at radius 2 is 2.33 bits per heavy atom. The summed E-state index contributed by atoms with van der Waals surface area (Å²) in [4.78, 5) is 10.6. The Labute approximate surface area is 128 Å². The van der Waals surface area contributed by atoms with Crippen LogP contribution in [0.15, 0.2) is 17.3 Å². The Bertz CT molecular complexity index is 599. The molecule has 0 aliphatic heterocycles. The number of hydrogen-bond acceptors (Lipinski definition) is 5. The van der Waals surface area contributed by atoms with E-state index in [1.807, 2.05) is 6.26 Å². The maximum atomic E-state index is 12.2. The van der Waals surface area contributed by atoms with E-state index < -0.39 is 16.0 Å². The Kier molecular flexibility index (Phi) is 5.28. The number of rotatable bonds is 7. The average Bonchev–Trinajstić information content (AvgIpc) is 3.04. The van der Waals surface area contributed by atoms with Crippen molar-refractivity contribution in [2.45, 2.75) is 48.4 Å². The van der Waals surface area contributed by atoms with E-state index >= 15 is 0 Å². The lowest BCUT2D eigenvalue weighted by Gasteiger charge is -2.12. The van der Waals surface area contributed by atoms with Gasteiger partial charge in [-0.1, -0.05) is 0 Å². The second-order valence-electron chi connectivity index (χ2n) is 5.07. The van der Waals surface area contributed by atoms with E-state index in [0.717, 1.165) is 19.3 Å². The summed E-state index contributed by atoms with van der Waals surface area (Å²) in [5, 5.41) is 13.0. The zero-order valence-electron chi connectivity index (χ0n) is 11.7. The minimum atomic E-state index is -3.58. The Hall–Kier alpha value is -1.06. The fraction of sp³-hybridized carbons (Fsp3) is 0.667. The first-order valence-electron chi connectivity index (χ1n) is 6.70. The second kappa shape index (κ2) is 6.80. The van der Waals surface area contributed by atoms with Gasteiger partial charge in [-0.05, 0) is 25.5 Å². The summed E-state index contributed by atoms with van der Waals surface area (Å²) < 4.78 is 28.5. The SMILES string of the molecule is CSC1CCC(NS(=O)(=O)c2cnn(CCC(=O)O)c2)C1. The standard InChI is InChI=1S/C12H19N3O4S2/c1-20-10-3-2-9(6-10)14-21(18,19)11-7-13-15(8-11)5-4-12(16)17/h7-10,14H,2-6H2,1H3,(H,16,17). The molecular weight excluding hydrogens is 314 g/mol. The van der Waals surface area contributed by atoms with Crippen molar-refractivity contribution < 1.29 is 18.3 Å². The van der Waals surface area contributed by atoms with Crippen molar-refractivity contribution in [2.24, 2.45) is 0 Å². The van der Waals surface area contributed by atoms with Gasteiger partial charge in [0, 0.05) is 17.5 Å². The lowest BCUT2D eigenvalue weighted by molar-refractivity contribution is -0.137. The molecule has 0 spiro atoms. The lowest BCUT2D eigenvalue weighted by atomic mass is 10.3. The zero-order chi connectivity index (χ0) is 15.5. The number of thioether (sulfide) groups is 1. The predicted molar refractivity (Wildman–Crippen MR) is 79.7 cm³/mol. The summed E-state index contributed by atoms with van der Waals surface area (Å²) in [6.45, 7) is 0.156. The van der Waals surface area contributed by atoms with E-state index in [1.165, 1.54) is 17.1 Å². The molecule has 118 valence electrons. The van der Waals surface area contributed by atoms with Gasteiger partial charge >= 0.3 is 5.97 Å². The molecule has 1 aromatic rings. The van der Waals surface area contributed by atoms with Gasteiger partial charge < -0.3 is 5.11 Å². The van der Waals surface area contributed by atoms with Gasteiger partial charge in [0.1, 0.15) is 4.90 Å². The molecule has 0 radical (unpaired) electrons. The predicted octanol–water partition coefficient (Wildman–Crippen LogP) is 0.920. The molecule has 21 heavy (non-hydrogen) atoms.